The zero-order valence-electron chi connectivity index (χ0n) is 11.7. The fraction of sp³-hybridized carbons (Fsp3) is 0.176. The minimum absolute atomic E-state index is 0.316. The molecule has 2 heterocycles. The van der Waals surface area contributed by atoms with Crippen LogP contribution in [0.1, 0.15) is 21.4 Å². The predicted octanol–water partition coefficient (Wildman–Crippen LogP) is 6.28. The SMILES string of the molecule is Cc1c(Br)cccc1NC(Cc1cccs1)c1cccs1. The highest BCUT2D eigenvalue weighted by Gasteiger charge is 2.15. The van der Waals surface area contributed by atoms with Gasteiger partial charge in [0.05, 0.1) is 6.04 Å². The second kappa shape index (κ2) is 6.77. The fourth-order valence-electron chi connectivity index (χ4n) is 2.29. The van der Waals surface area contributed by atoms with E-state index in [-0.39, 0.29) is 0 Å². The Labute approximate surface area is 141 Å². The minimum atomic E-state index is 0.316. The summed E-state index contributed by atoms with van der Waals surface area (Å²) >= 11 is 7.24. The number of rotatable bonds is 5. The molecule has 108 valence electrons. The summed E-state index contributed by atoms with van der Waals surface area (Å²) in [6.07, 6.45) is 1.02. The topological polar surface area (TPSA) is 12.0 Å². The highest BCUT2D eigenvalue weighted by atomic mass is 79.9. The number of halogens is 1. The highest BCUT2D eigenvalue weighted by molar-refractivity contribution is 9.10. The van der Waals surface area contributed by atoms with Crippen LogP contribution < -0.4 is 5.32 Å². The van der Waals surface area contributed by atoms with Gasteiger partial charge in [-0.1, -0.05) is 34.1 Å². The van der Waals surface area contributed by atoms with E-state index in [1.165, 1.54) is 21.0 Å². The van der Waals surface area contributed by atoms with E-state index in [0.717, 1.165) is 10.9 Å². The smallest absolute Gasteiger partial charge is 0.0654 e. The molecule has 3 aromatic rings. The Bertz CT molecular complexity index is 690. The Morgan fingerprint density at radius 2 is 1.86 bits per heavy atom. The van der Waals surface area contributed by atoms with E-state index in [1.54, 1.807) is 0 Å². The number of benzene rings is 1. The molecule has 0 aliphatic carbocycles. The molecule has 1 unspecified atom stereocenters. The molecule has 0 bridgehead atoms. The third kappa shape index (κ3) is 3.57. The molecule has 0 saturated carbocycles. The van der Waals surface area contributed by atoms with Crippen LogP contribution in [0.5, 0.6) is 0 Å². The van der Waals surface area contributed by atoms with Gasteiger partial charge in [-0.2, -0.15) is 0 Å². The van der Waals surface area contributed by atoms with Gasteiger partial charge < -0.3 is 5.32 Å². The molecule has 0 aliphatic rings. The van der Waals surface area contributed by atoms with Crippen LogP contribution in [0.3, 0.4) is 0 Å². The van der Waals surface area contributed by atoms with Gasteiger partial charge in [0.1, 0.15) is 0 Å². The summed E-state index contributed by atoms with van der Waals surface area (Å²) in [5.74, 6) is 0. The molecule has 4 heteroatoms. The van der Waals surface area contributed by atoms with Crippen LogP contribution in [0.15, 0.2) is 57.7 Å². The third-order valence-electron chi connectivity index (χ3n) is 3.47. The summed E-state index contributed by atoms with van der Waals surface area (Å²) in [6, 6.07) is 15.3. The first-order chi connectivity index (χ1) is 10.2. The maximum absolute atomic E-state index is 3.72. The molecule has 0 radical (unpaired) electrons. The molecule has 0 aliphatic heterocycles. The molecule has 1 atom stereocenters. The van der Waals surface area contributed by atoms with Crippen LogP contribution >= 0.6 is 38.6 Å². The lowest BCUT2D eigenvalue weighted by Gasteiger charge is -2.20. The van der Waals surface area contributed by atoms with Gasteiger partial charge in [0.2, 0.25) is 0 Å². The van der Waals surface area contributed by atoms with Crippen molar-refractivity contribution >= 4 is 44.3 Å². The van der Waals surface area contributed by atoms with Crippen LogP contribution in [0, 0.1) is 6.92 Å². The Morgan fingerprint density at radius 1 is 1.05 bits per heavy atom. The van der Waals surface area contributed by atoms with E-state index < -0.39 is 0 Å². The summed E-state index contributed by atoms with van der Waals surface area (Å²) in [7, 11) is 0. The lowest BCUT2D eigenvalue weighted by Crippen LogP contribution is -2.12. The molecule has 1 nitrogen and oxygen atoms in total. The summed E-state index contributed by atoms with van der Waals surface area (Å²) < 4.78 is 1.15. The summed E-state index contributed by atoms with van der Waals surface area (Å²) in [4.78, 5) is 2.79. The van der Waals surface area contributed by atoms with Crippen molar-refractivity contribution in [2.75, 3.05) is 5.32 Å². The molecular formula is C17H16BrNS2. The maximum Gasteiger partial charge on any atom is 0.0654 e. The number of hydrogen-bond donors (Lipinski definition) is 1. The van der Waals surface area contributed by atoms with E-state index in [0.29, 0.717) is 6.04 Å². The largest absolute Gasteiger partial charge is 0.377 e. The molecule has 0 saturated heterocycles. The molecule has 2 aromatic heterocycles. The van der Waals surface area contributed by atoms with Crippen molar-refractivity contribution in [3.63, 3.8) is 0 Å². The Morgan fingerprint density at radius 3 is 2.57 bits per heavy atom. The number of thiophene rings is 2. The van der Waals surface area contributed by atoms with Gasteiger partial charge in [0.15, 0.2) is 0 Å². The van der Waals surface area contributed by atoms with Gasteiger partial charge in [-0.25, -0.2) is 0 Å². The number of hydrogen-bond acceptors (Lipinski definition) is 3. The van der Waals surface area contributed by atoms with Gasteiger partial charge in [-0.15, -0.1) is 22.7 Å². The summed E-state index contributed by atoms with van der Waals surface area (Å²) in [6.45, 7) is 2.14. The van der Waals surface area contributed by atoms with Crippen molar-refractivity contribution in [2.24, 2.45) is 0 Å². The van der Waals surface area contributed by atoms with Crippen molar-refractivity contribution in [3.8, 4) is 0 Å². The first-order valence-electron chi connectivity index (χ1n) is 6.81. The van der Waals surface area contributed by atoms with Gasteiger partial charge in [-0.3, -0.25) is 0 Å². The first kappa shape index (κ1) is 14.8. The monoisotopic (exact) mass is 377 g/mol. The molecule has 0 fully saturated rings. The van der Waals surface area contributed by atoms with E-state index in [2.05, 4.69) is 81.4 Å². The molecule has 1 N–H and O–H groups in total. The second-order valence-electron chi connectivity index (χ2n) is 4.91. The van der Waals surface area contributed by atoms with Crippen LogP contribution in [0.25, 0.3) is 0 Å². The Hall–Kier alpha value is -1.10. The van der Waals surface area contributed by atoms with Gasteiger partial charge in [-0.05, 0) is 47.5 Å². The number of anilines is 1. The van der Waals surface area contributed by atoms with E-state index in [9.17, 15) is 0 Å². The quantitative estimate of drug-likeness (QED) is 0.551. The van der Waals surface area contributed by atoms with E-state index in [4.69, 9.17) is 0 Å². The standard InChI is InChI=1S/C17H16BrNS2/c1-12-14(18)6-2-7-15(12)19-16(17-8-4-10-21-17)11-13-5-3-9-20-13/h2-10,16,19H,11H2,1H3. The van der Waals surface area contributed by atoms with Crippen molar-refractivity contribution < 1.29 is 0 Å². The Kier molecular flexibility index (Phi) is 4.78. The van der Waals surface area contributed by atoms with Crippen molar-refractivity contribution in [1.29, 1.82) is 0 Å². The van der Waals surface area contributed by atoms with Crippen molar-refractivity contribution in [2.45, 2.75) is 19.4 Å². The number of nitrogens with one attached hydrogen (secondary N) is 1. The maximum atomic E-state index is 3.72. The predicted molar refractivity (Wildman–Crippen MR) is 97.6 cm³/mol. The fourth-order valence-corrected chi connectivity index (χ4v) is 4.19. The normalized spacial score (nSPS) is 12.3. The molecule has 21 heavy (non-hydrogen) atoms. The molecule has 0 spiro atoms. The van der Waals surface area contributed by atoms with Crippen LogP contribution in [-0.2, 0) is 6.42 Å². The zero-order valence-corrected chi connectivity index (χ0v) is 14.9. The lowest BCUT2D eigenvalue weighted by atomic mass is 10.1. The van der Waals surface area contributed by atoms with Crippen LogP contribution in [-0.4, -0.2) is 0 Å². The van der Waals surface area contributed by atoms with E-state index in [1.807, 2.05) is 22.7 Å². The minimum Gasteiger partial charge on any atom is -0.377 e. The zero-order chi connectivity index (χ0) is 14.7. The van der Waals surface area contributed by atoms with Crippen LogP contribution in [0.4, 0.5) is 5.69 Å². The van der Waals surface area contributed by atoms with Crippen LogP contribution in [0.2, 0.25) is 0 Å². The van der Waals surface area contributed by atoms with Crippen molar-refractivity contribution in [3.05, 3.63) is 73.0 Å². The molecule has 1 aromatic carbocycles. The second-order valence-corrected chi connectivity index (χ2v) is 7.77. The summed E-state index contributed by atoms with van der Waals surface area (Å²) in [5, 5.41) is 8.00. The van der Waals surface area contributed by atoms with Gasteiger partial charge >= 0.3 is 0 Å². The lowest BCUT2D eigenvalue weighted by molar-refractivity contribution is 0.801. The average Bonchev–Trinajstić information content (AvgIpc) is 3.16. The molecular weight excluding hydrogens is 362 g/mol. The first-order valence-corrected chi connectivity index (χ1v) is 9.36. The molecule has 3 rings (SSSR count). The Balaban J connectivity index is 1.87. The van der Waals surface area contributed by atoms with Gasteiger partial charge in [0.25, 0.3) is 0 Å². The van der Waals surface area contributed by atoms with E-state index >= 15 is 0 Å². The van der Waals surface area contributed by atoms with Crippen molar-refractivity contribution in [1.82, 2.24) is 0 Å². The summed E-state index contributed by atoms with van der Waals surface area (Å²) in [5.41, 5.74) is 2.45. The molecule has 0 amide bonds. The third-order valence-corrected chi connectivity index (χ3v) is 6.21. The highest BCUT2D eigenvalue weighted by Crippen LogP contribution is 2.31. The average molecular weight is 378 g/mol. The van der Waals surface area contributed by atoms with Gasteiger partial charge in [0, 0.05) is 26.3 Å².